The lowest BCUT2D eigenvalue weighted by Crippen LogP contribution is -2.18. The van der Waals surface area contributed by atoms with Gasteiger partial charge in [0.25, 0.3) is 5.56 Å². The van der Waals surface area contributed by atoms with Gasteiger partial charge in [-0.15, -0.1) is 0 Å². The molecule has 27 heavy (non-hydrogen) atoms. The largest absolute Gasteiger partial charge is 0.345 e. The predicted octanol–water partition coefficient (Wildman–Crippen LogP) is 3.30. The molecule has 6 heteroatoms. The number of benzene rings is 1. The zero-order chi connectivity index (χ0) is 19.4. The van der Waals surface area contributed by atoms with Crippen LogP contribution in [0.4, 0.5) is 0 Å². The average Bonchev–Trinajstić information content (AvgIpc) is 2.98. The Kier molecular flexibility index (Phi) is 5.86. The molecular formula is C21H27N5O. The number of aromatic nitrogens is 4. The van der Waals surface area contributed by atoms with Gasteiger partial charge in [-0.05, 0) is 37.9 Å². The van der Waals surface area contributed by atoms with Crippen LogP contribution in [0.3, 0.4) is 0 Å². The molecule has 0 aliphatic carbocycles. The highest BCUT2D eigenvalue weighted by molar-refractivity contribution is 5.56. The van der Waals surface area contributed by atoms with Crippen LogP contribution in [-0.2, 0) is 19.5 Å². The summed E-state index contributed by atoms with van der Waals surface area (Å²) in [4.78, 5) is 29.3. The van der Waals surface area contributed by atoms with Gasteiger partial charge in [0.2, 0.25) is 0 Å². The monoisotopic (exact) mass is 365 g/mol. The van der Waals surface area contributed by atoms with Gasteiger partial charge in [-0.2, -0.15) is 0 Å². The van der Waals surface area contributed by atoms with Gasteiger partial charge in [-0.25, -0.2) is 9.97 Å². The second-order valence-electron chi connectivity index (χ2n) is 7.57. The van der Waals surface area contributed by atoms with Crippen LogP contribution >= 0.6 is 0 Å². The normalized spacial score (nSPS) is 11.5. The fourth-order valence-corrected chi connectivity index (χ4v) is 3.15. The molecule has 0 radical (unpaired) electrons. The van der Waals surface area contributed by atoms with Crippen molar-refractivity contribution in [2.75, 3.05) is 7.05 Å². The molecule has 0 bridgehead atoms. The van der Waals surface area contributed by atoms with E-state index in [1.165, 1.54) is 0 Å². The highest BCUT2D eigenvalue weighted by atomic mass is 16.1. The molecule has 2 heterocycles. The van der Waals surface area contributed by atoms with E-state index in [0.717, 1.165) is 47.8 Å². The first-order valence-corrected chi connectivity index (χ1v) is 9.27. The molecule has 0 atom stereocenters. The summed E-state index contributed by atoms with van der Waals surface area (Å²) in [6, 6.07) is 9.75. The molecule has 2 aromatic heterocycles. The summed E-state index contributed by atoms with van der Waals surface area (Å²) < 4.78 is 0. The number of aromatic amines is 2. The van der Waals surface area contributed by atoms with E-state index in [0.29, 0.717) is 11.7 Å². The molecule has 142 valence electrons. The summed E-state index contributed by atoms with van der Waals surface area (Å²) in [7, 11) is 2.06. The average molecular weight is 365 g/mol. The smallest absolute Gasteiger partial charge is 0.251 e. The summed E-state index contributed by atoms with van der Waals surface area (Å²) in [5.74, 6) is 2.04. The summed E-state index contributed by atoms with van der Waals surface area (Å²) in [6.07, 6.45) is 2.64. The fourth-order valence-electron chi connectivity index (χ4n) is 3.15. The molecular weight excluding hydrogens is 338 g/mol. The van der Waals surface area contributed by atoms with E-state index >= 15 is 0 Å². The van der Waals surface area contributed by atoms with Crippen molar-refractivity contribution in [2.24, 2.45) is 5.92 Å². The summed E-state index contributed by atoms with van der Waals surface area (Å²) in [6.45, 7) is 7.78. The standard InChI is InChI=1S/C21H27N5O/c1-14(2)8-18-10-20(27)25-21(24-18)17-7-5-6-16(9-17)12-26(4)13-19-22-11-15(3)23-19/h5-7,9-11,14H,8,12-13H2,1-4H3,(H,22,23)(H,24,25,27). The molecule has 3 rings (SSSR count). The minimum atomic E-state index is -0.105. The van der Waals surface area contributed by atoms with Crippen LogP contribution in [0.1, 0.15) is 36.6 Å². The van der Waals surface area contributed by atoms with E-state index in [-0.39, 0.29) is 5.56 Å². The van der Waals surface area contributed by atoms with Crippen LogP contribution in [0.15, 0.2) is 41.3 Å². The van der Waals surface area contributed by atoms with Gasteiger partial charge in [0.05, 0.1) is 6.54 Å². The third kappa shape index (κ3) is 5.37. The van der Waals surface area contributed by atoms with Crippen LogP contribution in [0.2, 0.25) is 0 Å². The molecule has 2 N–H and O–H groups in total. The first-order chi connectivity index (χ1) is 12.9. The quantitative estimate of drug-likeness (QED) is 0.673. The van der Waals surface area contributed by atoms with Crippen molar-refractivity contribution >= 4 is 0 Å². The Labute approximate surface area is 159 Å². The number of hydrogen-bond donors (Lipinski definition) is 2. The van der Waals surface area contributed by atoms with Gasteiger partial charge in [0.15, 0.2) is 0 Å². The van der Waals surface area contributed by atoms with Crippen molar-refractivity contribution in [3.8, 4) is 11.4 Å². The first kappa shape index (κ1) is 19.0. The third-order valence-electron chi connectivity index (χ3n) is 4.24. The molecule has 0 saturated heterocycles. The van der Waals surface area contributed by atoms with E-state index in [1.807, 2.05) is 25.3 Å². The Morgan fingerprint density at radius 1 is 1.15 bits per heavy atom. The van der Waals surface area contributed by atoms with Crippen LogP contribution in [-0.4, -0.2) is 31.9 Å². The molecule has 6 nitrogen and oxygen atoms in total. The van der Waals surface area contributed by atoms with Gasteiger partial charge in [0.1, 0.15) is 11.6 Å². The maximum Gasteiger partial charge on any atom is 0.251 e. The van der Waals surface area contributed by atoms with Gasteiger partial charge in [-0.1, -0.05) is 32.0 Å². The van der Waals surface area contributed by atoms with Gasteiger partial charge < -0.3 is 9.97 Å². The van der Waals surface area contributed by atoms with Crippen molar-refractivity contribution in [1.29, 1.82) is 0 Å². The van der Waals surface area contributed by atoms with E-state index < -0.39 is 0 Å². The van der Waals surface area contributed by atoms with Gasteiger partial charge in [-0.3, -0.25) is 9.69 Å². The predicted molar refractivity (Wildman–Crippen MR) is 107 cm³/mol. The minimum absolute atomic E-state index is 0.105. The SMILES string of the molecule is Cc1cnc(CN(C)Cc2cccc(-c3nc(CC(C)C)cc(=O)[nH]3)c2)[nH]1. The van der Waals surface area contributed by atoms with Gasteiger partial charge >= 0.3 is 0 Å². The van der Waals surface area contributed by atoms with E-state index in [4.69, 9.17) is 0 Å². The first-order valence-electron chi connectivity index (χ1n) is 9.27. The zero-order valence-electron chi connectivity index (χ0n) is 16.4. The van der Waals surface area contributed by atoms with Crippen LogP contribution in [0.5, 0.6) is 0 Å². The minimum Gasteiger partial charge on any atom is -0.345 e. The summed E-state index contributed by atoms with van der Waals surface area (Å²) in [5.41, 5.74) is 3.88. The Morgan fingerprint density at radius 2 is 1.96 bits per heavy atom. The van der Waals surface area contributed by atoms with Crippen LogP contribution in [0, 0.1) is 12.8 Å². The number of rotatable bonds is 7. The van der Waals surface area contributed by atoms with E-state index in [9.17, 15) is 4.79 Å². The van der Waals surface area contributed by atoms with E-state index in [2.05, 4.69) is 57.9 Å². The Bertz CT molecular complexity index is 957. The highest BCUT2D eigenvalue weighted by Gasteiger charge is 2.09. The second-order valence-corrected chi connectivity index (χ2v) is 7.57. The lowest BCUT2D eigenvalue weighted by atomic mass is 10.1. The lowest BCUT2D eigenvalue weighted by Gasteiger charge is -2.16. The zero-order valence-corrected chi connectivity index (χ0v) is 16.4. The second kappa shape index (κ2) is 8.31. The Balaban J connectivity index is 1.77. The van der Waals surface area contributed by atoms with Crippen molar-refractivity contribution in [3.05, 3.63) is 69.7 Å². The maximum atomic E-state index is 12.0. The number of aryl methyl sites for hydroxylation is 1. The van der Waals surface area contributed by atoms with Crippen LogP contribution < -0.4 is 5.56 Å². The molecule has 0 aliphatic rings. The van der Waals surface area contributed by atoms with Gasteiger partial charge in [0, 0.05) is 35.8 Å². The maximum absolute atomic E-state index is 12.0. The molecule has 0 unspecified atom stereocenters. The third-order valence-corrected chi connectivity index (χ3v) is 4.24. The molecule has 1 aromatic carbocycles. The number of hydrogen-bond acceptors (Lipinski definition) is 4. The summed E-state index contributed by atoms with van der Waals surface area (Å²) in [5, 5.41) is 0. The molecule has 0 spiro atoms. The molecule has 0 fully saturated rings. The van der Waals surface area contributed by atoms with Crippen LogP contribution in [0.25, 0.3) is 11.4 Å². The van der Waals surface area contributed by atoms with Crippen molar-refractivity contribution in [1.82, 2.24) is 24.8 Å². The molecule has 0 aliphatic heterocycles. The molecule has 0 amide bonds. The number of H-pyrrole nitrogens is 2. The number of nitrogens with zero attached hydrogens (tertiary/aromatic N) is 3. The Hall–Kier alpha value is -2.73. The van der Waals surface area contributed by atoms with Crippen molar-refractivity contribution in [2.45, 2.75) is 40.3 Å². The molecule has 3 aromatic rings. The number of nitrogens with one attached hydrogen (secondary N) is 2. The molecule has 0 saturated carbocycles. The summed E-state index contributed by atoms with van der Waals surface area (Å²) >= 11 is 0. The van der Waals surface area contributed by atoms with Crippen molar-refractivity contribution < 1.29 is 0 Å². The Morgan fingerprint density at radius 3 is 2.67 bits per heavy atom. The lowest BCUT2D eigenvalue weighted by molar-refractivity contribution is 0.311. The number of imidazole rings is 1. The topological polar surface area (TPSA) is 77.7 Å². The fraction of sp³-hybridized carbons (Fsp3) is 0.381. The van der Waals surface area contributed by atoms with E-state index in [1.54, 1.807) is 6.07 Å². The van der Waals surface area contributed by atoms with Crippen molar-refractivity contribution in [3.63, 3.8) is 0 Å². The highest BCUT2D eigenvalue weighted by Crippen LogP contribution is 2.18.